The number of nitrogens with one attached hydrogen (secondary N) is 1. The van der Waals surface area contributed by atoms with Gasteiger partial charge in [0.1, 0.15) is 29.3 Å². The Hall–Kier alpha value is -4.94. The van der Waals surface area contributed by atoms with Crippen molar-refractivity contribution in [2.75, 3.05) is 17.6 Å². The van der Waals surface area contributed by atoms with E-state index >= 15 is 0 Å². The number of carbonyl (C=O) groups is 2. The lowest BCUT2D eigenvalue weighted by atomic mass is 10.0. The second-order valence-electron chi connectivity index (χ2n) is 11.0. The maximum absolute atomic E-state index is 13.7. The van der Waals surface area contributed by atoms with Crippen molar-refractivity contribution < 1.29 is 32.2 Å². The minimum absolute atomic E-state index is 0.0887. The van der Waals surface area contributed by atoms with Gasteiger partial charge in [0.25, 0.3) is 0 Å². The van der Waals surface area contributed by atoms with Crippen molar-refractivity contribution in [3.05, 3.63) is 66.5 Å². The summed E-state index contributed by atoms with van der Waals surface area (Å²) in [6, 6.07) is 12.2. The average Bonchev–Trinajstić information content (AvgIpc) is 3.43. The summed E-state index contributed by atoms with van der Waals surface area (Å²) < 4.78 is 52.5. The summed E-state index contributed by atoms with van der Waals surface area (Å²) in [7, 11) is 0. The maximum Gasteiger partial charge on any atom is 0.416 e. The summed E-state index contributed by atoms with van der Waals surface area (Å²) in [6.07, 6.45) is -3.28. The minimum atomic E-state index is -4.67. The second kappa shape index (κ2) is 11.4. The van der Waals surface area contributed by atoms with E-state index in [0.29, 0.717) is 29.9 Å². The number of benzene rings is 2. The Morgan fingerprint density at radius 3 is 2.58 bits per heavy atom. The highest BCUT2D eigenvalue weighted by molar-refractivity contribution is 6.00. The number of amides is 2. The molecule has 1 aliphatic heterocycles. The van der Waals surface area contributed by atoms with Crippen LogP contribution in [0, 0.1) is 0 Å². The lowest BCUT2D eigenvalue weighted by molar-refractivity contribution is -0.137. The van der Waals surface area contributed by atoms with Crippen LogP contribution in [0.4, 0.5) is 29.5 Å². The summed E-state index contributed by atoms with van der Waals surface area (Å²) in [5.41, 5.74) is 4.84. The number of fused-ring (bicyclic) bond motifs is 1. The molecule has 0 bridgehead atoms. The van der Waals surface area contributed by atoms with Crippen molar-refractivity contribution in [3.8, 4) is 22.9 Å². The van der Waals surface area contributed by atoms with E-state index in [1.54, 1.807) is 45.0 Å². The molecule has 0 unspecified atom stereocenters. The van der Waals surface area contributed by atoms with Gasteiger partial charge in [-0.1, -0.05) is 18.2 Å². The van der Waals surface area contributed by atoms with Gasteiger partial charge in [-0.2, -0.15) is 13.2 Å². The molecule has 1 saturated heterocycles. The lowest BCUT2D eigenvalue weighted by Crippen LogP contribution is -2.45. The van der Waals surface area contributed by atoms with Crippen molar-refractivity contribution in [2.24, 2.45) is 0 Å². The number of halogens is 3. The number of nitrogens with zero attached hydrogens (tertiary/aromatic N) is 4. The molecule has 224 valence electrons. The lowest BCUT2D eigenvalue weighted by Gasteiger charge is -2.28. The Kier molecular flexibility index (Phi) is 7.82. The Balaban J connectivity index is 1.46. The highest BCUT2D eigenvalue weighted by Gasteiger charge is 2.37. The largest absolute Gasteiger partial charge is 0.444 e. The van der Waals surface area contributed by atoms with E-state index in [9.17, 15) is 22.8 Å². The van der Waals surface area contributed by atoms with E-state index < -0.39 is 35.4 Å². The zero-order chi connectivity index (χ0) is 30.9. The molecule has 10 nitrogen and oxygen atoms in total. The predicted molar refractivity (Wildman–Crippen MR) is 153 cm³/mol. The fourth-order valence-corrected chi connectivity index (χ4v) is 4.71. The number of nitrogens with two attached hydrogens (primary N) is 1. The summed E-state index contributed by atoms with van der Waals surface area (Å²) in [4.78, 5) is 40.1. The molecule has 1 aliphatic rings. The molecule has 0 saturated carbocycles. The summed E-state index contributed by atoms with van der Waals surface area (Å²) >= 11 is 0. The smallest absolute Gasteiger partial charge is 0.416 e. The van der Waals surface area contributed by atoms with Crippen LogP contribution < -0.4 is 15.8 Å². The summed E-state index contributed by atoms with van der Waals surface area (Å²) in [6.45, 7) is 5.40. The number of likely N-dealkylation sites (tertiary alicyclic amines) is 1. The molecular formula is C30H29F3N6O4. The SMILES string of the molecule is CC(C)(C)OC(=O)N1CCC[C@H]1C(=O)Nc1cc(C(F)(F)F)ccc1-c1cc(Oc2cccc3ccc(N)nc23)ncn1. The van der Waals surface area contributed by atoms with Crippen LogP contribution in [0.15, 0.2) is 60.9 Å². The number of pyridine rings is 1. The van der Waals surface area contributed by atoms with Crippen LogP contribution in [0.3, 0.4) is 0 Å². The molecule has 0 aliphatic carbocycles. The Labute approximate surface area is 245 Å². The average molecular weight is 595 g/mol. The van der Waals surface area contributed by atoms with Gasteiger partial charge in [-0.3, -0.25) is 9.69 Å². The van der Waals surface area contributed by atoms with Crippen LogP contribution in [-0.4, -0.2) is 50.0 Å². The normalized spacial score (nSPS) is 15.4. The van der Waals surface area contributed by atoms with Crippen molar-refractivity contribution >= 4 is 34.4 Å². The van der Waals surface area contributed by atoms with E-state index in [-0.39, 0.29) is 29.4 Å². The molecule has 1 atom stereocenters. The van der Waals surface area contributed by atoms with Gasteiger partial charge in [-0.25, -0.2) is 19.7 Å². The first-order valence-electron chi connectivity index (χ1n) is 13.5. The first-order chi connectivity index (χ1) is 20.3. The molecule has 3 N–H and O–H groups in total. The fraction of sp³-hybridized carbons (Fsp3) is 0.300. The van der Waals surface area contributed by atoms with Crippen LogP contribution in [0.1, 0.15) is 39.2 Å². The molecule has 3 heterocycles. The molecule has 13 heteroatoms. The number of anilines is 2. The first kappa shape index (κ1) is 29.5. The number of nitrogen functional groups attached to an aromatic ring is 1. The number of hydrogen-bond donors (Lipinski definition) is 2. The monoisotopic (exact) mass is 594 g/mol. The van der Waals surface area contributed by atoms with Gasteiger partial charge in [-0.15, -0.1) is 0 Å². The third-order valence-corrected chi connectivity index (χ3v) is 6.63. The van der Waals surface area contributed by atoms with Gasteiger partial charge in [0, 0.05) is 23.6 Å². The van der Waals surface area contributed by atoms with Crippen LogP contribution in [0.5, 0.6) is 11.6 Å². The number of alkyl halides is 3. The number of hydrogen-bond acceptors (Lipinski definition) is 8. The van der Waals surface area contributed by atoms with Crippen LogP contribution in [0.25, 0.3) is 22.2 Å². The summed E-state index contributed by atoms with van der Waals surface area (Å²) in [5.74, 6) is 0.100. The van der Waals surface area contributed by atoms with Crippen LogP contribution >= 0.6 is 0 Å². The van der Waals surface area contributed by atoms with Crippen molar-refractivity contribution in [2.45, 2.75) is 51.4 Å². The van der Waals surface area contributed by atoms with E-state index in [4.69, 9.17) is 15.2 Å². The van der Waals surface area contributed by atoms with Crippen molar-refractivity contribution in [1.29, 1.82) is 0 Å². The molecule has 0 radical (unpaired) electrons. The van der Waals surface area contributed by atoms with E-state index in [2.05, 4.69) is 20.3 Å². The molecule has 43 heavy (non-hydrogen) atoms. The van der Waals surface area contributed by atoms with E-state index in [1.807, 2.05) is 6.07 Å². The topological polar surface area (TPSA) is 133 Å². The Morgan fingerprint density at radius 2 is 1.84 bits per heavy atom. The highest BCUT2D eigenvalue weighted by Crippen LogP contribution is 2.37. The van der Waals surface area contributed by atoms with E-state index in [1.165, 1.54) is 23.4 Å². The molecule has 0 spiro atoms. The van der Waals surface area contributed by atoms with Gasteiger partial charge in [-0.05, 0) is 63.9 Å². The second-order valence-corrected chi connectivity index (χ2v) is 11.0. The van der Waals surface area contributed by atoms with Crippen molar-refractivity contribution in [1.82, 2.24) is 19.9 Å². The number of ether oxygens (including phenoxy) is 2. The summed E-state index contributed by atoms with van der Waals surface area (Å²) in [5, 5.41) is 3.38. The van der Waals surface area contributed by atoms with Gasteiger partial charge >= 0.3 is 12.3 Å². The van der Waals surface area contributed by atoms with Crippen molar-refractivity contribution in [3.63, 3.8) is 0 Å². The molecule has 2 aromatic heterocycles. The van der Waals surface area contributed by atoms with Gasteiger partial charge in [0.15, 0.2) is 5.75 Å². The zero-order valence-electron chi connectivity index (χ0n) is 23.6. The molecule has 4 aromatic rings. The molecular weight excluding hydrogens is 565 g/mol. The highest BCUT2D eigenvalue weighted by atomic mass is 19.4. The predicted octanol–water partition coefficient (Wildman–Crippen LogP) is 6.42. The van der Waals surface area contributed by atoms with Gasteiger partial charge in [0.2, 0.25) is 11.8 Å². The third-order valence-electron chi connectivity index (χ3n) is 6.63. The Morgan fingerprint density at radius 1 is 1.05 bits per heavy atom. The van der Waals surface area contributed by atoms with E-state index in [0.717, 1.165) is 17.5 Å². The van der Waals surface area contributed by atoms with Gasteiger partial charge in [0.05, 0.1) is 16.9 Å². The zero-order valence-corrected chi connectivity index (χ0v) is 23.6. The fourth-order valence-electron chi connectivity index (χ4n) is 4.71. The first-order valence-corrected chi connectivity index (χ1v) is 13.5. The minimum Gasteiger partial charge on any atom is -0.444 e. The van der Waals surface area contributed by atoms with Crippen LogP contribution in [-0.2, 0) is 15.7 Å². The third kappa shape index (κ3) is 6.76. The standard InChI is InChI=1S/C30H29F3N6O4/c1-29(2,3)43-28(41)39-13-5-7-22(39)27(40)37-21-14-18(30(31,32)33)10-11-19(21)20-15-25(36-16-35-20)42-23-8-4-6-17-9-12-24(34)38-26(17)23/h4,6,8-12,14-16,22H,5,7,13H2,1-3H3,(H2,34,38)(H,37,40)/t22-/m0/s1. The molecule has 5 rings (SSSR count). The van der Waals surface area contributed by atoms with Gasteiger partial charge < -0.3 is 20.5 Å². The van der Waals surface area contributed by atoms with Crippen LogP contribution in [0.2, 0.25) is 0 Å². The number of aromatic nitrogens is 3. The molecule has 2 amide bonds. The molecule has 2 aromatic carbocycles. The maximum atomic E-state index is 13.7. The molecule has 1 fully saturated rings. The number of carbonyl (C=O) groups excluding carboxylic acids is 2. The number of para-hydroxylation sites is 1. The quantitative estimate of drug-likeness (QED) is 0.270. The Bertz CT molecular complexity index is 1690. The number of rotatable bonds is 5.